The summed E-state index contributed by atoms with van der Waals surface area (Å²) in [5.41, 5.74) is 0.392. The fourth-order valence-corrected chi connectivity index (χ4v) is 5.97. The van der Waals surface area contributed by atoms with Crippen LogP contribution in [0.4, 0.5) is 0 Å². The van der Waals surface area contributed by atoms with Gasteiger partial charge >= 0.3 is 5.97 Å². The summed E-state index contributed by atoms with van der Waals surface area (Å²) in [6, 6.07) is 0. The number of ether oxygens (including phenoxy) is 1. The average Bonchev–Trinajstić information content (AvgIpc) is 2.88. The zero-order valence-corrected chi connectivity index (χ0v) is 11.9. The van der Waals surface area contributed by atoms with Crippen molar-refractivity contribution in [3.05, 3.63) is 0 Å². The Morgan fingerprint density at radius 3 is 2.00 bits per heavy atom. The van der Waals surface area contributed by atoms with E-state index in [1.807, 2.05) is 0 Å². The number of hydrogen-bond acceptors (Lipinski definition) is 2. The lowest BCUT2D eigenvalue weighted by atomic mass is 9.50. The summed E-state index contributed by atoms with van der Waals surface area (Å²) in [4.78, 5) is 12.1. The van der Waals surface area contributed by atoms with Gasteiger partial charge in [-0.1, -0.05) is 12.8 Å². The molecule has 0 atom stereocenters. The van der Waals surface area contributed by atoms with E-state index in [2.05, 4.69) is 0 Å². The van der Waals surface area contributed by atoms with Crippen LogP contribution in [0.2, 0.25) is 0 Å². The van der Waals surface area contributed by atoms with E-state index in [1.165, 1.54) is 51.4 Å². The van der Waals surface area contributed by atoms with Gasteiger partial charge in [0.15, 0.2) is 0 Å². The van der Waals surface area contributed by atoms with Gasteiger partial charge in [-0.3, -0.25) is 4.79 Å². The lowest BCUT2D eigenvalue weighted by Gasteiger charge is -2.56. The van der Waals surface area contributed by atoms with Crippen molar-refractivity contribution in [2.75, 3.05) is 6.61 Å². The van der Waals surface area contributed by atoms with Gasteiger partial charge in [0.2, 0.25) is 0 Å². The highest BCUT2D eigenvalue weighted by molar-refractivity contribution is 5.72. The molecule has 0 aromatic heterocycles. The predicted octanol–water partition coefficient (Wildman–Crippen LogP) is 3.94. The van der Waals surface area contributed by atoms with Crippen LogP contribution in [0.3, 0.4) is 0 Å². The number of hydrogen-bond donors (Lipinski definition) is 0. The molecule has 5 fully saturated rings. The quantitative estimate of drug-likeness (QED) is 0.720. The highest BCUT2D eigenvalue weighted by Crippen LogP contribution is 2.60. The molecule has 5 aliphatic rings. The first-order valence-electron chi connectivity index (χ1n) is 8.39. The van der Waals surface area contributed by atoms with Crippen LogP contribution in [0.1, 0.15) is 64.2 Å². The van der Waals surface area contributed by atoms with E-state index in [0.29, 0.717) is 5.41 Å². The fourth-order valence-electron chi connectivity index (χ4n) is 5.97. The molecule has 0 spiro atoms. The fraction of sp³-hybridized carbons (Fsp3) is 0.941. The predicted molar refractivity (Wildman–Crippen MR) is 73.5 cm³/mol. The molecular weight excluding hydrogens is 236 g/mol. The molecule has 19 heavy (non-hydrogen) atoms. The van der Waals surface area contributed by atoms with Crippen LogP contribution in [0, 0.1) is 29.1 Å². The average molecular weight is 262 g/mol. The second-order valence-corrected chi connectivity index (χ2v) is 8.01. The van der Waals surface area contributed by atoms with Gasteiger partial charge in [0, 0.05) is 5.41 Å². The summed E-state index contributed by atoms with van der Waals surface area (Å²) in [5, 5.41) is 0. The Morgan fingerprint density at radius 2 is 1.47 bits per heavy atom. The summed E-state index contributed by atoms with van der Waals surface area (Å²) >= 11 is 0. The molecule has 0 aromatic carbocycles. The normalized spacial score (nSPS) is 44.7. The van der Waals surface area contributed by atoms with E-state index in [9.17, 15) is 4.79 Å². The Bertz CT molecular complexity index is 332. The van der Waals surface area contributed by atoms with Crippen LogP contribution in [0.15, 0.2) is 0 Å². The van der Waals surface area contributed by atoms with Crippen LogP contribution in [0.25, 0.3) is 0 Å². The van der Waals surface area contributed by atoms with Gasteiger partial charge in [-0.2, -0.15) is 0 Å². The molecule has 4 bridgehead atoms. The second-order valence-electron chi connectivity index (χ2n) is 8.01. The van der Waals surface area contributed by atoms with E-state index in [4.69, 9.17) is 4.74 Å². The SMILES string of the molecule is O=C(OCC12CC3CC(CC(C3)C1)C2)C1CCCC1. The van der Waals surface area contributed by atoms with Crippen molar-refractivity contribution in [3.63, 3.8) is 0 Å². The largest absolute Gasteiger partial charge is 0.465 e. The minimum atomic E-state index is 0.119. The molecule has 5 aliphatic carbocycles. The first-order valence-corrected chi connectivity index (χ1v) is 8.39. The van der Waals surface area contributed by atoms with Crippen LogP contribution < -0.4 is 0 Å². The van der Waals surface area contributed by atoms with Gasteiger partial charge in [-0.25, -0.2) is 0 Å². The topological polar surface area (TPSA) is 26.3 Å². The number of rotatable bonds is 3. The van der Waals surface area contributed by atoms with Crippen molar-refractivity contribution in [1.29, 1.82) is 0 Å². The number of esters is 1. The van der Waals surface area contributed by atoms with Crippen LogP contribution in [-0.4, -0.2) is 12.6 Å². The van der Waals surface area contributed by atoms with Crippen LogP contribution >= 0.6 is 0 Å². The van der Waals surface area contributed by atoms with E-state index in [1.54, 1.807) is 0 Å². The molecule has 0 radical (unpaired) electrons. The number of carbonyl (C=O) groups is 1. The van der Waals surface area contributed by atoms with Crippen molar-refractivity contribution in [2.45, 2.75) is 64.2 Å². The molecule has 2 nitrogen and oxygen atoms in total. The van der Waals surface area contributed by atoms with E-state index < -0.39 is 0 Å². The Labute approximate surface area is 116 Å². The second kappa shape index (κ2) is 4.49. The molecule has 0 amide bonds. The van der Waals surface area contributed by atoms with Gasteiger partial charge in [0.05, 0.1) is 12.5 Å². The maximum Gasteiger partial charge on any atom is 0.308 e. The molecule has 2 heteroatoms. The van der Waals surface area contributed by atoms with Gasteiger partial charge in [-0.15, -0.1) is 0 Å². The van der Waals surface area contributed by atoms with Crippen molar-refractivity contribution in [2.24, 2.45) is 29.1 Å². The maximum atomic E-state index is 12.1. The molecular formula is C17H26O2. The standard InChI is InChI=1S/C17H26O2/c18-16(15-3-1-2-4-15)19-11-17-8-12-5-13(9-17)7-14(6-12)10-17/h12-15H,1-11H2. The van der Waals surface area contributed by atoms with E-state index >= 15 is 0 Å². The molecule has 0 N–H and O–H groups in total. The highest BCUT2D eigenvalue weighted by Gasteiger charge is 2.51. The summed E-state index contributed by atoms with van der Waals surface area (Å²) in [7, 11) is 0. The minimum Gasteiger partial charge on any atom is -0.465 e. The Kier molecular flexibility index (Phi) is 2.89. The smallest absolute Gasteiger partial charge is 0.308 e. The van der Waals surface area contributed by atoms with Crippen molar-refractivity contribution in [1.82, 2.24) is 0 Å². The summed E-state index contributed by atoms with van der Waals surface area (Å²) in [5.74, 6) is 3.21. The van der Waals surface area contributed by atoms with Crippen LogP contribution in [-0.2, 0) is 9.53 Å². The molecule has 0 aromatic rings. The molecule has 5 rings (SSSR count). The third-order valence-electron chi connectivity index (χ3n) is 6.37. The zero-order chi connectivity index (χ0) is 12.9. The first kappa shape index (κ1) is 12.2. The van der Waals surface area contributed by atoms with Crippen molar-refractivity contribution >= 4 is 5.97 Å². The first-order chi connectivity index (χ1) is 9.22. The Morgan fingerprint density at radius 1 is 0.947 bits per heavy atom. The zero-order valence-electron chi connectivity index (χ0n) is 11.9. The lowest BCUT2D eigenvalue weighted by Crippen LogP contribution is -2.48. The third-order valence-corrected chi connectivity index (χ3v) is 6.37. The third kappa shape index (κ3) is 2.21. The molecule has 0 aliphatic heterocycles. The lowest BCUT2D eigenvalue weighted by molar-refractivity contribution is -0.159. The highest BCUT2D eigenvalue weighted by atomic mass is 16.5. The van der Waals surface area contributed by atoms with Gasteiger partial charge in [0.25, 0.3) is 0 Å². The Balaban J connectivity index is 1.38. The minimum absolute atomic E-state index is 0.119. The molecule has 0 heterocycles. The molecule has 106 valence electrons. The summed E-state index contributed by atoms with van der Waals surface area (Å²) in [6.07, 6.45) is 13.0. The molecule has 0 unspecified atom stereocenters. The monoisotopic (exact) mass is 262 g/mol. The van der Waals surface area contributed by atoms with Crippen molar-refractivity contribution < 1.29 is 9.53 Å². The van der Waals surface area contributed by atoms with E-state index in [-0.39, 0.29) is 11.9 Å². The Hall–Kier alpha value is -0.530. The van der Waals surface area contributed by atoms with Crippen molar-refractivity contribution in [3.8, 4) is 0 Å². The molecule has 5 saturated carbocycles. The van der Waals surface area contributed by atoms with E-state index in [0.717, 1.165) is 37.2 Å². The molecule has 0 saturated heterocycles. The van der Waals surface area contributed by atoms with Gasteiger partial charge < -0.3 is 4.74 Å². The van der Waals surface area contributed by atoms with Gasteiger partial charge in [-0.05, 0) is 69.1 Å². The number of carbonyl (C=O) groups excluding carboxylic acids is 1. The summed E-state index contributed by atoms with van der Waals surface area (Å²) < 4.78 is 5.77. The maximum absolute atomic E-state index is 12.1. The van der Waals surface area contributed by atoms with Crippen LogP contribution in [0.5, 0.6) is 0 Å². The summed E-state index contributed by atoms with van der Waals surface area (Å²) in [6.45, 7) is 0.742. The van der Waals surface area contributed by atoms with Gasteiger partial charge in [0.1, 0.15) is 0 Å².